The number of carbonyl (C=O) groups excluding carboxylic acids is 1. The number of aromatic nitrogens is 1. The van der Waals surface area contributed by atoms with Crippen LogP contribution >= 0.6 is 27.3 Å². The normalized spacial score (nSPS) is 10.4. The largest absolute Gasteiger partial charge is 0.544 e. The van der Waals surface area contributed by atoms with Crippen molar-refractivity contribution < 1.29 is 19.4 Å². The molecule has 5 nitrogen and oxygen atoms in total. The Hall–Kier alpha value is -1.60. The highest BCUT2D eigenvalue weighted by molar-refractivity contribution is 9.10. The van der Waals surface area contributed by atoms with Crippen LogP contribution in [0.25, 0.3) is 10.6 Å². The van der Waals surface area contributed by atoms with Gasteiger partial charge in [-0.05, 0) is 35.0 Å². The Morgan fingerprint density at radius 3 is 2.55 bits per heavy atom. The fraction of sp³-hybridized carbons (Fsp3) is 0.231. The van der Waals surface area contributed by atoms with Gasteiger partial charge in [0.15, 0.2) is 11.5 Å². The number of aromatic carboxylic acids is 1. The van der Waals surface area contributed by atoms with Crippen molar-refractivity contribution in [1.82, 2.24) is 4.98 Å². The van der Waals surface area contributed by atoms with Crippen LogP contribution in [0.3, 0.4) is 0 Å². The highest BCUT2D eigenvalue weighted by Gasteiger charge is 2.15. The SMILES string of the molecule is COc1cc(-c2nc(C)c(C(=O)[O-])s2)cc(Br)c1OC. The molecule has 0 aliphatic rings. The number of hydrogen-bond acceptors (Lipinski definition) is 6. The van der Waals surface area contributed by atoms with Crippen LogP contribution in [0.5, 0.6) is 11.5 Å². The van der Waals surface area contributed by atoms with Gasteiger partial charge in [0.1, 0.15) is 5.01 Å². The minimum atomic E-state index is -1.22. The number of benzene rings is 1. The highest BCUT2D eigenvalue weighted by Crippen LogP contribution is 2.40. The molecule has 2 aromatic rings. The number of carboxylic acid groups (broad SMARTS) is 1. The third-order valence-electron chi connectivity index (χ3n) is 2.66. The molecule has 1 heterocycles. The van der Waals surface area contributed by atoms with E-state index in [9.17, 15) is 9.90 Å². The first-order valence-corrected chi connectivity index (χ1v) is 7.19. The lowest BCUT2D eigenvalue weighted by molar-refractivity contribution is -0.254. The smallest absolute Gasteiger partial charge is 0.174 e. The Balaban J connectivity index is 2.56. The molecule has 0 radical (unpaired) electrons. The maximum atomic E-state index is 11.0. The highest BCUT2D eigenvalue weighted by atomic mass is 79.9. The Bertz CT molecular complexity index is 669. The number of methoxy groups -OCH3 is 2. The lowest BCUT2D eigenvalue weighted by Gasteiger charge is -2.10. The average Bonchev–Trinajstić information content (AvgIpc) is 2.80. The molecule has 0 unspecified atom stereocenters. The van der Waals surface area contributed by atoms with Crippen molar-refractivity contribution in [1.29, 1.82) is 0 Å². The van der Waals surface area contributed by atoms with Gasteiger partial charge in [-0.1, -0.05) is 0 Å². The van der Waals surface area contributed by atoms with Crippen molar-refractivity contribution in [3.63, 3.8) is 0 Å². The van der Waals surface area contributed by atoms with E-state index in [0.29, 0.717) is 26.7 Å². The molecule has 2 rings (SSSR count). The number of hydrogen-bond donors (Lipinski definition) is 0. The second-order valence-corrected chi connectivity index (χ2v) is 5.77. The van der Waals surface area contributed by atoms with Crippen molar-refractivity contribution in [2.45, 2.75) is 6.92 Å². The number of aryl methyl sites for hydroxylation is 1. The second-order valence-electron chi connectivity index (χ2n) is 3.91. The topological polar surface area (TPSA) is 71.5 Å². The minimum Gasteiger partial charge on any atom is -0.544 e. The molecule has 20 heavy (non-hydrogen) atoms. The third-order valence-corrected chi connectivity index (χ3v) is 4.44. The first-order chi connectivity index (χ1) is 9.47. The summed E-state index contributed by atoms with van der Waals surface area (Å²) < 4.78 is 11.2. The number of nitrogens with zero attached hydrogens (tertiary/aromatic N) is 1. The molecule has 0 saturated heterocycles. The van der Waals surface area contributed by atoms with Gasteiger partial charge >= 0.3 is 0 Å². The number of halogens is 1. The molecular formula is C13H11BrNO4S-. The molecule has 0 N–H and O–H groups in total. The van der Waals surface area contributed by atoms with Crippen LogP contribution in [0.15, 0.2) is 16.6 Å². The molecule has 0 saturated carbocycles. The first-order valence-electron chi connectivity index (χ1n) is 5.58. The molecule has 106 valence electrons. The van der Waals surface area contributed by atoms with Gasteiger partial charge < -0.3 is 19.4 Å². The predicted molar refractivity (Wildman–Crippen MR) is 77.4 cm³/mol. The van der Waals surface area contributed by atoms with E-state index in [-0.39, 0.29) is 4.88 Å². The summed E-state index contributed by atoms with van der Waals surface area (Å²) in [6, 6.07) is 3.56. The summed E-state index contributed by atoms with van der Waals surface area (Å²) >= 11 is 4.47. The molecule has 0 spiro atoms. The van der Waals surface area contributed by atoms with Crippen LogP contribution in [0.4, 0.5) is 0 Å². The Morgan fingerprint density at radius 1 is 1.35 bits per heavy atom. The van der Waals surface area contributed by atoms with E-state index in [0.717, 1.165) is 16.9 Å². The zero-order valence-corrected chi connectivity index (χ0v) is 13.4. The molecule has 0 bridgehead atoms. The molecule has 0 aliphatic heterocycles. The number of ether oxygens (including phenoxy) is 2. The maximum Gasteiger partial charge on any atom is 0.174 e. The quantitative estimate of drug-likeness (QED) is 0.840. The molecule has 1 aromatic heterocycles. The summed E-state index contributed by atoms with van der Waals surface area (Å²) in [6.45, 7) is 1.64. The fourth-order valence-electron chi connectivity index (χ4n) is 1.75. The fourth-order valence-corrected chi connectivity index (χ4v) is 3.24. The standard InChI is InChI=1S/C13H12BrNO4S/c1-6-11(13(16)17)20-12(15-6)7-4-8(14)10(19-3)9(5-7)18-2/h4-5H,1-3H3,(H,16,17)/p-1. The zero-order valence-electron chi connectivity index (χ0n) is 11.0. The number of rotatable bonds is 4. The second kappa shape index (κ2) is 5.80. The maximum absolute atomic E-state index is 11.0. The molecule has 0 amide bonds. The monoisotopic (exact) mass is 356 g/mol. The predicted octanol–water partition coefficient (Wildman–Crippen LogP) is 2.26. The van der Waals surface area contributed by atoms with Gasteiger partial charge in [-0.2, -0.15) is 0 Å². The summed E-state index contributed by atoms with van der Waals surface area (Å²) in [6.07, 6.45) is 0. The Kier molecular flexibility index (Phi) is 4.29. The van der Waals surface area contributed by atoms with Crippen molar-refractivity contribution in [3.05, 3.63) is 27.2 Å². The molecular weight excluding hydrogens is 346 g/mol. The third kappa shape index (κ3) is 2.64. The van der Waals surface area contributed by atoms with E-state index in [1.807, 2.05) is 0 Å². The van der Waals surface area contributed by atoms with Gasteiger partial charge in [0.25, 0.3) is 0 Å². The Labute approximate surface area is 128 Å². The van der Waals surface area contributed by atoms with Crippen LogP contribution in [0.1, 0.15) is 15.4 Å². The zero-order chi connectivity index (χ0) is 14.9. The average molecular weight is 357 g/mol. The van der Waals surface area contributed by atoms with Crippen LogP contribution in [-0.2, 0) is 0 Å². The molecule has 7 heteroatoms. The molecule has 0 atom stereocenters. The summed E-state index contributed by atoms with van der Waals surface area (Å²) in [5, 5.41) is 11.5. The van der Waals surface area contributed by atoms with E-state index in [1.165, 1.54) is 7.11 Å². The molecule has 0 aliphatic carbocycles. The van der Waals surface area contributed by atoms with E-state index in [2.05, 4.69) is 20.9 Å². The molecule has 0 fully saturated rings. The molecule has 1 aromatic carbocycles. The lowest BCUT2D eigenvalue weighted by Crippen LogP contribution is -2.21. The van der Waals surface area contributed by atoms with Gasteiger partial charge in [-0.3, -0.25) is 0 Å². The van der Waals surface area contributed by atoms with Crippen molar-refractivity contribution >= 4 is 33.2 Å². The first kappa shape index (κ1) is 14.8. The summed E-state index contributed by atoms with van der Waals surface area (Å²) in [5.74, 6) is -0.102. The van der Waals surface area contributed by atoms with Crippen molar-refractivity contribution in [2.24, 2.45) is 0 Å². The summed E-state index contributed by atoms with van der Waals surface area (Å²) in [7, 11) is 3.08. The Morgan fingerprint density at radius 2 is 2.05 bits per heavy atom. The number of carboxylic acids is 1. The van der Waals surface area contributed by atoms with Gasteiger partial charge in [0, 0.05) is 5.56 Å². The summed E-state index contributed by atoms with van der Waals surface area (Å²) in [5.41, 5.74) is 1.19. The van der Waals surface area contributed by atoms with Crippen molar-refractivity contribution in [3.8, 4) is 22.1 Å². The van der Waals surface area contributed by atoms with E-state index < -0.39 is 5.97 Å². The number of thiazole rings is 1. The lowest BCUT2D eigenvalue weighted by atomic mass is 10.2. The van der Waals surface area contributed by atoms with E-state index >= 15 is 0 Å². The van der Waals surface area contributed by atoms with Crippen LogP contribution in [0.2, 0.25) is 0 Å². The van der Waals surface area contributed by atoms with E-state index in [4.69, 9.17) is 9.47 Å². The van der Waals surface area contributed by atoms with E-state index in [1.54, 1.807) is 26.2 Å². The minimum absolute atomic E-state index is 0.130. The van der Waals surface area contributed by atoms with Crippen molar-refractivity contribution in [2.75, 3.05) is 14.2 Å². The van der Waals surface area contributed by atoms with Gasteiger partial charge in [0.05, 0.1) is 35.2 Å². The number of carbonyl (C=O) groups is 1. The van der Waals surface area contributed by atoms with Gasteiger partial charge in [-0.25, -0.2) is 4.98 Å². The van der Waals surface area contributed by atoms with Crippen LogP contribution in [0, 0.1) is 6.92 Å². The summed E-state index contributed by atoms with van der Waals surface area (Å²) in [4.78, 5) is 15.3. The van der Waals surface area contributed by atoms with Crippen LogP contribution < -0.4 is 14.6 Å². The van der Waals surface area contributed by atoms with Gasteiger partial charge in [0.2, 0.25) is 0 Å². The van der Waals surface area contributed by atoms with Gasteiger partial charge in [-0.15, -0.1) is 11.3 Å². The van der Waals surface area contributed by atoms with Crippen LogP contribution in [-0.4, -0.2) is 25.2 Å².